The number of hydrogen-bond acceptors (Lipinski definition) is 4. The molecule has 0 radical (unpaired) electrons. The summed E-state index contributed by atoms with van der Waals surface area (Å²) in [7, 11) is 0. The quantitative estimate of drug-likeness (QED) is 0.505. The molecule has 4 rings (SSSR count). The second-order valence-corrected chi connectivity index (χ2v) is 7.75. The van der Waals surface area contributed by atoms with E-state index in [4.69, 9.17) is 14.5 Å². The van der Waals surface area contributed by atoms with Gasteiger partial charge in [-0.25, -0.2) is 4.99 Å². The van der Waals surface area contributed by atoms with Crippen molar-refractivity contribution in [2.75, 3.05) is 26.4 Å². The first-order valence-electron chi connectivity index (χ1n) is 11.0. The van der Waals surface area contributed by atoms with Crippen molar-refractivity contribution < 1.29 is 14.3 Å². The lowest BCUT2D eigenvalue weighted by Crippen LogP contribution is -2.38. The normalized spacial score (nSPS) is 15.5. The number of fused-ring (bicyclic) bond motifs is 1. The van der Waals surface area contributed by atoms with Gasteiger partial charge in [0, 0.05) is 32.6 Å². The first kappa shape index (κ1) is 21.0. The van der Waals surface area contributed by atoms with Crippen LogP contribution in [-0.2, 0) is 24.3 Å². The highest BCUT2D eigenvalue weighted by Crippen LogP contribution is 2.32. The van der Waals surface area contributed by atoms with E-state index in [1.54, 1.807) is 0 Å². The Morgan fingerprint density at radius 3 is 2.74 bits per heavy atom. The van der Waals surface area contributed by atoms with E-state index in [-0.39, 0.29) is 5.91 Å². The summed E-state index contributed by atoms with van der Waals surface area (Å²) in [6.45, 7) is 5.98. The predicted molar refractivity (Wildman–Crippen MR) is 120 cm³/mol. The lowest BCUT2D eigenvalue weighted by Gasteiger charge is -2.18. The van der Waals surface area contributed by atoms with Crippen LogP contribution in [0.3, 0.4) is 0 Å². The first-order chi connectivity index (χ1) is 15.2. The van der Waals surface area contributed by atoms with Crippen molar-refractivity contribution in [2.24, 2.45) is 4.99 Å². The summed E-state index contributed by atoms with van der Waals surface area (Å²) >= 11 is 0. The van der Waals surface area contributed by atoms with Crippen LogP contribution in [0.15, 0.2) is 47.5 Å². The van der Waals surface area contributed by atoms with Gasteiger partial charge in [0.15, 0.2) is 17.5 Å². The molecule has 0 atom stereocenters. The fraction of sp³-hybridized carbons (Fsp3) is 0.417. The van der Waals surface area contributed by atoms with Crippen LogP contribution in [0.1, 0.15) is 36.5 Å². The maximum Gasteiger partial charge on any atom is 0.231 e. The summed E-state index contributed by atoms with van der Waals surface area (Å²) in [5.41, 5.74) is 3.50. The van der Waals surface area contributed by atoms with Crippen LogP contribution in [-0.4, -0.2) is 43.2 Å². The number of benzene rings is 2. The summed E-state index contributed by atoms with van der Waals surface area (Å²) in [6.07, 6.45) is 2.48. The number of amides is 1. The molecule has 0 unspecified atom stereocenters. The molecule has 7 nitrogen and oxygen atoms in total. The molecule has 1 saturated heterocycles. The number of carbonyl (C=O) groups excluding carboxylic acids is 1. The predicted octanol–water partition coefficient (Wildman–Crippen LogP) is 2.84. The van der Waals surface area contributed by atoms with Crippen LogP contribution in [0, 0.1) is 0 Å². The molecule has 1 fully saturated rings. The highest BCUT2D eigenvalue weighted by molar-refractivity contribution is 5.80. The lowest BCUT2D eigenvalue weighted by molar-refractivity contribution is -0.128. The largest absolute Gasteiger partial charge is 0.454 e. The van der Waals surface area contributed by atoms with Gasteiger partial charge in [-0.2, -0.15) is 0 Å². The summed E-state index contributed by atoms with van der Waals surface area (Å²) in [4.78, 5) is 18.7. The zero-order valence-electron chi connectivity index (χ0n) is 18.0. The number of ether oxygens (including phenoxy) is 2. The van der Waals surface area contributed by atoms with Gasteiger partial charge in [0.2, 0.25) is 12.7 Å². The fourth-order valence-electron chi connectivity index (χ4n) is 3.87. The summed E-state index contributed by atoms with van der Waals surface area (Å²) in [6, 6.07) is 14.3. The minimum absolute atomic E-state index is 0.247. The van der Waals surface area contributed by atoms with E-state index in [0.717, 1.165) is 61.1 Å². The van der Waals surface area contributed by atoms with Gasteiger partial charge in [-0.1, -0.05) is 30.3 Å². The number of aliphatic imine (C=N–C) groups is 1. The molecule has 0 bridgehead atoms. The van der Waals surface area contributed by atoms with E-state index in [2.05, 4.69) is 35.8 Å². The molecule has 0 aromatic heterocycles. The van der Waals surface area contributed by atoms with Gasteiger partial charge >= 0.3 is 0 Å². The molecule has 2 heterocycles. The Balaban J connectivity index is 1.35. The van der Waals surface area contributed by atoms with E-state index >= 15 is 0 Å². The third kappa shape index (κ3) is 5.48. The third-order valence-electron chi connectivity index (χ3n) is 5.55. The maximum absolute atomic E-state index is 12.0. The second kappa shape index (κ2) is 10.2. The molecule has 0 spiro atoms. The summed E-state index contributed by atoms with van der Waals surface area (Å²) in [5, 5.41) is 6.72. The molecular weight excluding hydrogens is 392 g/mol. The van der Waals surface area contributed by atoms with E-state index < -0.39 is 0 Å². The highest BCUT2D eigenvalue weighted by atomic mass is 16.7. The molecule has 164 valence electrons. The molecule has 0 aliphatic carbocycles. The van der Waals surface area contributed by atoms with Crippen LogP contribution in [0.2, 0.25) is 0 Å². The second-order valence-electron chi connectivity index (χ2n) is 7.75. The van der Waals surface area contributed by atoms with Crippen LogP contribution in [0.4, 0.5) is 0 Å². The number of nitrogens with zero attached hydrogens (tertiary/aromatic N) is 2. The van der Waals surface area contributed by atoms with Crippen molar-refractivity contribution >= 4 is 11.9 Å². The standard InChI is InChI=1S/C24H30N4O3/c1-2-25-24(26-12-11-18-9-10-21-22(14-18)31-17-30-21)27-15-19-6-3-4-7-20(19)16-28-13-5-8-23(28)29/h3-4,6-7,9-10,14H,2,5,8,11-13,15-17H2,1H3,(H2,25,26,27). The van der Waals surface area contributed by atoms with Crippen molar-refractivity contribution in [2.45, 2.75) is 39.3 Å². The molecule has 2 aromatic carbocycles. The molecule has 2 aliphatic heterocycles. The average molecular weight is 423 g/mol. The molecular formula is C24H30N4O3. The average Bonchev–Trinajstić information content (AvgIpc) is 3.41. The number of rotatable bonds is 8. The van der Waals surface area contributed by atoms with Crippen LogP contribution < -0.4 is 20.1 Å². The Kier molecular flexibility index (Phi) is 6.92. The van der Waals surface area contributed by atoms with Gasteiger partial charge in [-0.05, 0) is 48.6 Å². The molecule has 31 heavy (non-hydrogen) atoms. The third-order valence-corrected chi connectivity index (χ3v) is 5.55. The van der Waals surface area contributed by atoms with Gasteiger partial charge in [0.05, 0.1) is 6.54 Å². The fourth-order valence-corrected chi connectivity index (χ4v) is 3.87. The van der Waals surface area contributed by atoms with Gasteiger partial charge in [0.1, 0.15) is 0 Å². The van der Waals surface area contributed by atoms with Gasteiger partial charge in [-0.3, -0.25) is 4.79 Å². The van der Waals surface area contributed by atoms with Crippen molar-refractivity contribution in [3.63, 3.8) is 0 Å². The van der Waals surface area contributed by atoms with E-state index in [9.17, 15) is 4.79 Å². The molecule has 2 aliphatic rings. The van der Waals surface area contributed by atoms with Gasteiger partial charge in [-0.15, -0.1) is 0 Å². The zero-order chi connectivity index (χ0) is 21.5. The van der Waals surface area contributed by atoms with Crippen molar-refractivity contribution in [1.29, 1.82) is 0 Å². The van der Waals surface area contributed by atoms with Gasteiger partial charge < -0.3 is 25.0 Å². The van der Waals surface area contributed by atoms with Crippen LogP contribution in [0.5, 0.6) is 11.5 Å². The summed E-state index contributed by atoms with van der Waals surface area (Å²) < 4.78 is 10.8. The molecule has 1 amide bonds. The van der Waals surface area contributed by atoms with Crippen molar-refractivity contribution in [1.82, 2.24) is 15.5 Å². The SMILES string of the molecule is CCNC(=NCc1ccccc1CN1CCCC1=O)NCCc1ccc2c(c1)OCO2. The number of nitrogens with one attached hydrogen (secondary N) is 2. The van der Waals surface area contributed by atoms with Crippen LogP contribution in [0.25, 0.3) is 0 Å². The van der Waals surface area contributed by atoms with Gasteiger partial charge in [0.25, 0.3) is 0 Å². The minimum Gasteiger partial charge on any atom is -0.454 e. The molecule has 0 saturated carbocycles. The number of likely N-dealkylation sites (tertiary alicyclic amines) is 1. The Labute approximate surface area is 183 Å². The first-order valence-corrected chi connectivity index (χ1v) is 11.0. The molecule has 7 heteroatoms. The number of guanidine groups is 1. The van der Waals surface area contributed by atoms with E-state index in [1.807, 2.05) is 29.2 Å². The maximum atomic E-state index is 12.0. The Morgan fingerprint density at radius 2 is 1.94 bits per heavy atom. The van der Waals surface area contributed by atoms with E-state index in [1.165, 1.54) is 5.56 Å². The summed E-state index contributed by atoms with van der Waals surface area (Å²) in [5.74, 6) is 2.65. The highest BCUT2D eigenvalue weighted by Gasteiger charge is 2.20. The topological polar surface area (TPSA) is 75.2 Å². The zero-order valence-corrected chi connectivity index (χ0v) is 18.0. The Bertz CT molecular complexity index is 944. The van der Waals surface area contributed by atoms with Crippen LogP contribution >= 0.6 is 0 Å². The lowest BCUT2D eigenvalue weighted by atomic mass is 10.1. The monoisotopic (exact) mass is 422 g/mol. The van der Waals surface area contributed by atoms with E-state index in [0.29, 0.717) is 26.3 Å². The molecule has 2 aromatic rings. The molecule has 2 N–H and O–H groups in total. The van der Waals surface area contributed by atoms with Crippen molar-refractivity contribution in [3.05, 3.63) is 59.2 Å². The minimum atomic E-state index is 0.247. The Morgan fingerprint density at radius 1 is 1.10 bits per heavy atom. The van der Waals surface area contributed by atoms with Crippen molar-refractivity contribution in [3.8, 4) is 11.5 Å². The smallest absolute Gasteiger partial charge is 0.231 e. The number of carbonyl (C=O) groups is 1. The number of hydrogen-bond donors (Lipinski definition) is 2. The Hall–Kier alpha value is -3.22.